The molecule has 0 bridgehead atoms. The van der Waals surface area contributed by atoms with E-state index >= 15 is 0 Å². The molecular weight excluding hydrogens is 376 g/mol. The van der Waals surface area contributed by atoms with Gasteiger partial charge in [0.1, 0.15) is 17.1 Å². The second-order valence-corrected chi connectivity index (χ2v) is 8.23. The smallest absolute Gasteiger partial charge is 0.435 e. The summed E-state index contributed by atoms with van der Waals surface area (Å²) < 4.78 is 15.8. The lowest BCUT2D eigenvalue weighted by atomic mass is 10.1. The molecule has 0 aromatic carbocycles. The number of furan rings is 2. The van der Waals surface area contributed by atoms with E-state index in [2.05, 4.69) is 5.48 Å². The molecule has 2 saturated heterocycles. The van der Waals surface area contributed by atoms with Crippen molar-refractivity contribution in [1.82, 2.24) is 10.5 Å². The molecule has 2 aromatic heterocycles. The molecule has 0 radical (unpaired) electrons. The number of hydroxylamine groups is 3. The summed E-state index contributed by atoms with van der Waals surface area (Å²) in [7, 11) is 0. The molecule has 1 amide bonds. The molecule has 0 aliphatic carbocycles. The Bertz CT molecular complexity index is 800. The van der Waals surface area contributed by atoms with Crippen molar-refractivity contribution < 1.29 is 28.0 Å². The summed E-state index contributed by atoms with van der Waals surface area (Å²) in [6, 6.07) is 4.15. The molecule has 8 nitrogen and oxygen atoms in total. The van der Waals surface area contributed by atoms with Crippen molar-refractivity contribution >= 4 is 6.09 Å². The molecule has 1 N–H and O–H groups in total. The van der Waals surface area contributed by atoms with E-state index in [-0.39, 0.29) is 6.04 Å². The first-order valence-corrected chi connectivity index (χ1v) is 9.85. The summed E-state index contributed by atoms with van der Waals surface area (Å²) >= 11 is 0. The first kappa shape index (κ1) is 21.4. The van der Waals surface area contributed by atoms with Gasteiger partial charge in [-0.2, -0.15) is 10.5 Å². The van der Waals surface area contributed by atoms with Crippen LogP contribution in [0.25, 0.3) is 0 Å². The number of rotatable bonds is 2. The number of carbonyl (C=O) groups excluding carboxylic acids is 1. The Morgan fingerprint density at radius 1 is 1.07 bits per heavy atom. The molecule has 8 heteroatoms. The average molecular weight is 406 g/mol. The van der Waals surface area contributed by atoms with Crippen LogP contribution < -0.4 is 5.48 Å². The molecule has 160 valence electrons. The van der Waals surface area contributed by atoms with E-state index in [0.717, 1.165) is 36.5 Å². The lowest BCUT2D eigenvalue weighted by molar-refractivity contribution is -0.125. The number of carbonyl (C=O) groups is 1. The summed E-state index contributed by atoms with van der Waals surface area (Å²) in [5.74, 6) is 1.77. The first-order valence-electron chi connectivity index (χ1n) is 9.85. The van der Waals surface area contributed by atoms with E-state index in [9.17, 15) is 4.79 Å². The highest BCUT2D eigenvalue weighted by Gasteiger charge is 2.35. The van der Waals surface area contributed by atoms with Crippen LogP contribution in [-0.4, -0.2) is 30.0 Å². The molecule has 2 fully saturated rings. The van der Waals surface area contributed by atoms with Gasteiger partial charge in [-0.3, -0.25) is 4.84 Å². The van der Waals surface area contributed by atoms with Gasteiger partial charge >= 0.3 is 6.09 Å². The van der Waals surface area contributed by atoms with Gasteiger partial charge in [-0.25, -0.2) is 4.79 Å². The number of hydrogen-bond donors (Lipinski definition) is 1. The van der Waals surface area contributed by atoms with Gasteiger partial charge in [0.15, 0.2) is 0 Å². The standard InChI is InChI=1S/C13H19NO4.C8H11NO2/c1-9-7-10(8-16-9)11-5-6-17-14(11)12(15)18-13(2,3)4;1-6-4-7(5-10-6)8-2-3-11-9-8/h7-8,11H,5-6H2,1-4H3;4-5,8-9H,2-3H2,1H3/t11-;8-/m00/s1. The van der Waals surface area contributed by atoms with E-state index < -0.39 is 11.7 Å². The van der Waals surface area contributed by atoms with Crippen LogP contribution in [-0.2, 0) is 14.4 Å². The third-order valence-corrected chi connectivity index (χ3v) is 4.50. The maximum atomic E-state index is 12.0. The molecule has 2 atom stereocenters. The maximum Gasteiger partial charge on any atom is 0.435 e. The van der Waals surface area contributed by atoms with Gasteiger partial charge < -0.3 is 18.4 Å². The predicted octanol–water partition coefficient (Wildman–Crippen LogP) is 4.76. The molecular formula is C21H30N2O6. The third kappa shape index (κ3) is 5.85. The van der Waals surface area contributed by atoms with Crippen LogP contribution in [0, 0.1) is 13.8 Å². The van der Waals surface area contributed by atoms with Crippen molar-refractivity contribution in [2.75, 3.05) is 13.2 Å². The number of hydrogen-bond acceptors (Lipinski definition) is 7. The van der Waals surface area contributed by atoms with E-state index in [4.69, 9.17) is 23.2 Å². The molecule has 4 rings (SSSR count). The number of amides is 1. The zero-order valence-corrected chi connectivity index (χ0v) is 17.7. The highest BCUT2D eigenvalue weighted by Crippen LogP contribution is 2.32. The zero-order chi connectivity index (χ0) is 21.0. The molecule has 0 saturated carbocycles. The van der Waals surface area contributed by atoms with Crippen molar-refractivity contribution in [3.8, 4) is 0 Å². The zero-order valence-electron chi connectivity index (χ0n) is 17.7. The molecule has 29 heavy (non-hydrogen) atoms. The molecule has 2 aliphatic rings. The summed E-state index contributed by atoms with van der Waals surface area (Å²) in [6.07, 6.45) is 4.76. The molecule has 0 unspecified atom stereocenters. The van der Waals surface area contributed by atoms with E-state index in [0.29, 0.717) is 12.6 Å². The van der Waals surface area contributed by atoms with Gasteiger partial charge in [-0.05, 0) is 53.2 Å². The number of nitrogens with zero attached hydrogens (tertiary/aromatic N) is 1. The fourth-order valence-corrected chi connectivity index (χ4v) is 3.17. The third-order valence-electron chi connectivity index (χ3n) is 4.50. The van der Waals surface area contributed by atoms with Gasteiger partial charge in [-0.1, -0.05) is 0 Å². The monoisotopic (exact) mass is 406 g/mol. The van der Waals surface area contributed by atoms with Crippen LogP contribution in [0.15, 0.2) is 33.5 Å². The summed E-state index contributed by atoms with van der Waals surface area (Å²) in [5, 5.41) is 1.30. The second kappa shape index (κ2) is 9.02. The highest BCUT2D eigenvalue weighted by atomic mass is 16.7. The fraction of sp³-hybridized carbons (Fsp3) is 0.571. The number of nitrogens with one attached hydrogen (secondary N) is 1. The van der Waals surface area contributed by atoms with Crippen LogP contribution in [0.5, 0.6) is 0 Å². The highest BCUT2D eigenvalue weighted by molar-refractivity contribution is 5.67. The van der Waals surface area contributed by atoms with Crippen molar-refractivity contribution in [3.05, 3.63) is 47.3 Å². The van der Waals surface area contributed by atoms with Crippen LogP contribution >= 0.6 is 0 Å². The fourth-order valence-electron chi connectivity index (χ4n) is 3.17. The first-order chi connectivity index (χ1) is 13.7. The Kier molecular flexibility index (Phi) is 6.66. The lowest BCUT2D eigenvalue weighted by Crippen LogP contribution is -2.35. The van der Waals surface area contributed by atoms with Crippen LogP contribution in [0.4, 0.5) is 4.79 Å². The second-order valence-electron chi connectivity index (χ2n) is 8.23. The lowest BCUT2D eigenvalue weighted by Gasteiger charge is -2.26. The minimum atomic E-state index is -0.528. The van der Waals surface area contributed by atoms with Crippen LogP contribution in [0.2, 0.25) is 0 Å². The van der Waals surface area contributed by atoms with Crippen molar-refractivity contribution in [3.63, 3.8) is 0 Å². The van der Waals surface area contributed by atoms with Crippen molar-refractivity contribution in [2.45, 2.75) is 65.1 Å². The van der Waals surface area contributed by atoms with Crippen molar-refractivity contribution in [1.29, 1.82) is 0 Å². The Morgan fingerprint density at radius 3 is 2.24 bits per heavy atom. The molecule has 2 aromatic rings. The molecule has 4 heterocycles. The van der Waals surface area contributed by atoms with Crippen LogP contribution in [0.3, 0.4) is 0 Å². The van der Waals surface area contributed by atoms with E-state index in [1.54, 1.807) is 12.5 Å². The van der Waals surface area contributed by atoms with Gasteiger partial charge in [0.05, 0.1) is 37.8 Å². The minimum absolute atomic E-state index is 0.128. The molecule has 0 spiro atoms. The van der Waals surface area contributed by atoms with Gasteiger partial charge in [0, 0.05) is 17.5 Å². The Labute approximate surface area is 171 Å². The van der Waals surface area contributed by atoms with Gasteiger partial charge in [0.2, 0.25) is 0 Å². The number of aryl methyl sites for hydroxylation is 2. The Morgan fingerprint density at radius 2 is 1.72 bits per heavy atom. The quantitative estimate of drug-likeness (QED) is 0.770. The topological polar surface area (TPSA) is 86.3 Å². The van der Waals surface area contributed by atoms with Gasteiger partial charge in [-0.15, -0.1) is 0 Å². The van der Waals surface area contributed by atoms with E-state index in [1.165, 1.54) is 10.6 Å². The largest absolute Gasteiger partial charge is 0.469 e. The summed E-state index contributed by atoms with van der Waals surface area (Å²) in [4.78, 5) is 22.4. The predicted molar refractivity (Wildman–Crippen MR) is 105 cm³/mol. The van der Waals surface area contributed by atoms with Crippen molar-refractivity contribution in [2.24, 2.45) is 0 Å². The van der Waals surface area contributed by atoms with E-state index in [1.807, 2.05) is 46.8 Å². The average Bonchev–Trinajstić information content (AvgIpc) is 3.41. The normalized spacial score (nSPS) is 21.8. The van der Waals surface area contributed by atoms with Crippen LogP contribution in [0.1, 0.15) is 68.3 Å². The SMILES string of the molecule is Cc1cc([C@@H]2CCON2)co1.Cc1cc([C@@H]2CCON2C(=O)OC(C)(C)C)co1. The van der Waals surface area contributed by atoms with Gasteiger partial charge in [0.25, 0.3) is 0 Å². The summed E-state index contributed by atoms with van der Waals surface area (Å²) in [6.45, 7) is 10.6. The molecule has 2 aliphatic heterocycles. The minimum Gasteiger partial charge on any atom is -0.469 e. The Balaban J connectivity index is 0.000000186. The maximum absolute atomic E-state index is 12.0. The Hall–Kier alpha value is -2.29. The summed E-state index contributed by atoms with van der Waals surface area (Å²) in [5.41, 5.74) is 4.52. The number of ether oxygens (including phenoxy) is 1.